The van der Waals surface area contributed by atoms with Crippen molar-refractivity contribution in [1.82, 2.24) is 0 Å². The van der Waals surface area contributed by atoms with Gasteiger partial charge in [-0.1, -0.05) is 35.9 Å². The normalized spacial score (nSPS) is 11.4. The average molecular weight is 496 g/mol. The molecule has 35 heavy (non-hydrogen) atoms. The molecule has 3 aromatic carbocycles. The molecule has 0 radical (unpaired) electrons. The molecule has 3 aromatic rings. The number of anilines is 1. The lowest BCUT2D eigenvalue weighted by Gasteiger charge is -2.21. The highest BCUT2D eigenvalue weighted by atomic mass is 35.5. The molecule has 8 heteroatoms. The minimum atomic E-state index is -1.07. The van der Waals surface area contributed by atoms with E-state index < -0.39 is 12.5 Å². The summed E-state index contributed by atoms with van der Waals surface area (Å²) in [7, 11) is 0. The van der Waals surface area contributed by atoms with E-state index in [1.54, 1.807) is 30.3 Å². The Morgan fingerprint density at radius 1 is 0.914 bits per heavy atom. The number of halogens is 1. The number of benzene rings is 3. The standard InChI is InChI=1S/C17H18N2O3.C10H11NO.ClH/c1-12-5-7-15(8-6-12)19(11-16(20)21)17(22)14-4-2-3-13(9-14)10-18;11-10(12)9-5-4-7-2-1-3-8(7)6-9;/h2-9H,10-11,18H2,1H3,(H,20,21);4-6H,1-3H2,(H2,11,12);1H. The molecule has 5 N–H and O–H groups in total. The first-order chi connectivity index (χ1) is 16.3. The topological polar surface area (TPSA) is 127 Å². The van der Waals surface area contributed by atoms with E-state index in [9.17, 15) is 14.4 Å². The third-order valence-corrected chi connectivity index (χ3v) is 5.68. The van der Waals surface area contributed by atoms with Crippen LogP contribution in [0.1, 0.15) is 49.4 Å². The van der Waals surface area contributed by atoms with Gasteiger partial charge in [-0.25, -0.2) is 0 Å². The molecule has 0 aromatic heterocycles. The van der Waals surface area contributed by atoms with Crippen molar-refractivity contribution in [2.75, 3.05) is 11.4 Å². The molecule has 0 saturated carbocycles. The molecule has 0 unspecified atom stereocenters. The van der Waals surface area contributed by atoms with Gasteiger partial charge in [0, 0.05) is 23.4 Å². The maximum atomic E-state index is 12.7. The molecule has 0 saturated heterocycles. The number of rotatable bonds is 6. The number of fused-ring (bicyclic) bond motifs is 1. The van der Waals surface area contributed by atoms with Gasteiger partial charge in [-0.3, -0.25) is 19.3 Å². The molecule has 0 atom stereocenters. The SMILES string of the molecule is Cc1ccc(N(CC(=O)O)C(=O)c2cccc(CN)c2)cc1.Cl.NC(=O)c1ccc2c(c1)CCC2. The van der Waals surface area contributed by atoms with Gasteiger partial charge in [0.05, 0.1) is 0 Å². The molecule has 0 spiro atoms. The molecule has 0 heterocycles. The number of carbonyl (C=O) groups is 3. The van der Waals surface area contributed by atoms with E-state index in [0.717, 1.165) is 24.0 Å². The number of hydrogen-bond donors (Lipinski definition) is 3. The van der Waals surface area contributed by atoms with Crippen LogP contribution < -0.4 is 16.4 Å². The fourth-order valence-electron chi connectivity index (χ4n) is 3.85. The van der Waals surface area contributed by atoms with Gasteiger partial charge in [0.15, 0.2) is 0 Å². The van der Waals surface area contributed by atoms with Crippen molar-refractivity contribution < 1.29 is 19.5 Å². The Labute approximate surface area is 211 Å². The van der Waals surface area contributed by atoms with Gasteiger partial charge in [-0.2, -0.15) is 0 Å². The zero-order valence-corrected chi connectivity index (χ0v) is 20.4. The smallest absolute Gasteiger partial charge is 0.323 e. The Hall–Kier alpha value is -3.68. The molecule has 1 aliphatic carbocycles. The number of aliphatic carboxylic acids is 1. The molecule has 4 rings (SSSR count). The lowest BCUT2D eigenvalue weighted by atomic mass is 10.1. The number of primary amides is 1. The van der Waals surface area contributed by atoms with Gasteiger partial charge < -0.3 is 16.6 Å². The van der Waals surface area contributed by atoms with Crippen LogP contribution in [-0.4, -0.2) is 29.4 Å². The number of carboxylic acids is 1. The third-order valence-electron chi connectivity index (χ3n) is 5.68. The van der Waals surface area contributed by atoms with E-state index in [2.05, 4.69) is 0 Å². The summed E-state index contributed by atoms with van der Waals surface area (Å²) in [5, 5.41) is 9.08. The largest absolute Gasteiger partial charge is 0.480 e. The van der Waals surface area contributed by atoms with E-state index in [1.807, 2.05) is 43.3 Å². The predicted octanol–water partition coefficient (Wildman–Crippen LogP) is 3.88. The molecule has 0 aliphatic heterocycles. The highest BCUT2D eigenvalue weighted by molar-refractivity contribution is 6.08. The first kappa shape index (κ1) is 27.6. The minimum absolute atomic E-state index is 0. The average Bonchev–Trinajstić information content (AvgIpc) is 3.31. The highest BCUT2D eigenvalue weighted by Crippen LogP contribution is 2.22. The van der Waals surface area contributed by atoms with Crippen LogP contribution in [0.5, 0.6) is 0 Å². The molecule has 2 amide bonds. The lowest BCUT2D eigenvalue weighted by Crippen LogP contribution is -2.35. The van der Waals surface area contributed by atoms with E-state index in [1.165, 1.54) is 22.4 Å². The zero-order valence-electron chi connectivity index (χ0n) is 19.6. The van der Waals surface area contributed by atoms with Crippen LogP contribution in [0, 0.1) is 6.92 Å². The molecular weight excluding hydrogens is 466 g/mol. The number of amides is 2. The van der Waals surface area contributed by atoms with E-state index >= 15 is 0 Å². The van der Waals surface area contributed by atoms with Crippen molar-refractivity contribution in [3.05, 3.63) is 100 Å². The summed E-state index contributed by atoms with van der Waals surface area (Å²) >= 11 is 0. The second-order valence-corrected chi connectivity index (χ2v) is 8.23. The first-order valence-electron chi connectivity index (χ1n) is 11.1. The van der Waals surface area contributed by atoms with E-state index in [-0.39, 0.29) is 24.2 Å². The van der Waals surface area contributed by atoms with Gasteiger partial charge >= 0.3 is 5.97 Å². The van der Waals surface area contributed by atoms with Crippen molar-refractivity contribution in [3.8, 4) is 0 Å². The number of hydrogen-bond acceptors (Lipinski definition) is 4. The molecule has 0 fully saturated rings. The van der Waals surface area contributed by atoms with Crippen LogP contribution in [0.15, 0.2) is 66.7 Å². The molecule has 7 nitrogen and oxygen atoms in total. The van der Waals surface area contributed by atoms with Crippen molar-refractivity contribution in [1.29, 1.82) is 0 Å². The van der Waals surface area contributed by atoms with E-state index in [0.29, 0.717) is 23.4 Å². The molecular formula is C27H30ClN3O4. The Morgan fingerprint density at radius 3 is 2.23 bits per heavy atom. The Morgan fingerprint density at radius 2 is 1.60 bits per heavy atom. The Bertz CT molecular complexity index is 1200. The van der Waals surface area contributed by atoms with Gasteiger partial charge in [0.25, 0.3) is 5.91 Å². The van der Waals surface area contributed by atoms with Crippen LogP contribution >= 0.6 is 12.4 Å². The van der Waals surface area contributed by atoms with Gasteiger partial charge in [0.1, 0.15) is 6.54 Å². The first-order valence-corrected chi connectivity index (χ1v) is 11.1. The van der Waals surface area contributed by atoms with Crippen molar-refractivity contribution in [2.45, 2.75) is 32.7 Å². The minimum Gasteiger partial charge on any atom is -0.480 e. The second-order valence-electron chi connectivity index (χ2n) is 8.23. The molecule has 184 valence electrons. The summed E-state index contributed by atoms with van der Waals surface area (Å²) in [5.41, 5.74) is 16.9. The lowest BCUT2D eigenvalue weighted by molar-refractivity contribution is -0.135. The predicted molar refractivity (Wildman–Crippen MR) is 139 cm³/mol. The van der Waals surface area contributed by atoms with Gasteiger partial charge in [-0.15, -0.1) is 12.4 Å². The molecule has 0 bridgehead atoms. The fraction of sp³-hybridized carbons (Fsp3) is 0.222. The maximum absolute atomic E-state index is 12.7. The Balaban J connectivity index is 0.000000280. The summed E-state index contributed by atoms with van der Waals surface area (Å²) in [4.78, 5) is 35.8. The maximum Gasteiger partial charge on any atom is 0.323 e. The summed E-state index contributed by atoms with van der Waals surface area (Å²) < 4.78 is 0. The fourth-order valence-corrected chi connectivity index (χ4v) is 3.85. The van der Waals surface area contributed by atoms with Crippen molar-refractivity contribution in [3.63, 3.8) is 0 Å². The quantitative estimate of drug-likeness (QED) is 0.478. The second kappa shape index (κ2) is 12.7. The summed E-state index contributed by atoms with van der Waals surface area (Å²) in [5.74, 6) is -1.75. The van der Waals surface area contributed by atoms with Gasteiger partial charge in [-0.05, 0) is 79.3 Å². The van der Waals surface area contributed by atoms with Crippen LogP contribution in [-0.2, 0) is 24.2 Å². The van der Waals surface area contributed by atoms with Crippen LogP contribution in [0.2, 0.25) is 0 Å². The van der Waals surface area contributed by atoms with Crippen LogP contribution in [0.4, 0.5) is 5.69 Å². The third kappa shape index (κ3) is 7.40. The summed E-state index contributed by atoms with van der Waals surface area (Å²) in [6, 6.07) is 19.8. The van der Waals surface area contributed by atoms with Crippen LogP contribution in [0.25, 0.3) is 0 Å². The van der Waals surface area contributed by atoms with Crippen molar-refractivity contribution >= 4 is 35.9 Å². The van der Waals surface area contributed by atoms with Gasteiger partial charge in [0.2, 0.25) is 5.91 Å². The highest BCUT2D eigenvalue weighted by Gasteiger charge is 2.20. The van der Waals surface area contributed by atoms with Crippen molar-refractivity contribution in [2.24, 2.45) is 11.5 Å². The number of aryl methyl sites for hydroxylation is 3. The number of nitrogens with two attached hydrogens (primary N) is 2. The van der Waals surface area contributed by atoms with Crippen LogP contribution in [0.3, 0.4) is 0 Å². The summed E-state index contributed by atoms with van der Waals surface area (Å²) in [6.45, 7) is 1.86. The monoisotopic (exact) mass is 495 g/mol. The number of nitrogens with zero attached hydrogens (tertiary/aromatic N) is 1. The number of carbonyl (C=O) groups excluding carboxylic acids is 2. The Kier molecular flexibility index (Phi) is 9.99. The number of carboxylic acid groups (broad SMARTS) is 1. The molecule has 1 aliphatic rings. The zero-order chi connectivity index (χ0) is 24.7. The van der Waals surface area contributed by atoms with E-state index in [4.69, 9.17) is 16.6 Å². The summed E-state index contributed by atoms with van der Waals surface area (Å²) in [6.07, 6.45) is 3.45.